The molecule has 0 aliphatic carbocycles. The fourth-order valence-electron chi connectivity index (χ4n) is 11.5. The number of nitrogens with one attached hydrogen (secondary N) is 3. The molecule has 0 spiro atoms. The third-order valence-electron chi connectivity index (χ3n) is 16.4. The van der Waals surface area contributed by atoms with Crippen molar-refractivity contribution in [3.8, 4) is 11.1 Å². The molecule has 0 unspecified atom stereocenters. The first-order chi connectivity index (χ1) is 42.6. The molecule has 3 aromatic heterocycles. The number of carbonyl (C=O) groups excluding carboxylic acids is 7. The number of amides is 6. The summed E-state index contributed by atoms with van der Waals surface area (Å²) in [6.07, 6.45) is 9.66. The largest absolute Gasteiger partial charge is 0.468 e. The number of ether oxygens (including phenoxy) is 4. The van der Waals surface area contributed by atoms with Gasteiger partial charge in [0, 0.05) is 101 Å². The molecular formula is C62H79FN14O11. The van der Waals surface area contributed by atoms with Gasteiger partial charge in [-0.25, -0.2) is 14.4 Å². The summed E-state index contributed by atoms with van der Waals surface area (Å²) in [4.78, 5) is 105. The number of hydrogen-bond donors (Lipinski definition) is 4. The van der Waals surface area contributed by atoms with E-state index in [1.54, 1.807) is 45.8 Å². The van der Waals surface area contributed by atoms with Gasteiger partial charge in [-0.2, -0.15) is 10.2 Å². The second kappa shape index (κ2) is 30.8. The van der Waals surface area contributed by atoms with Crippen molar-refractivity contribution >= 4 is 80.5 Å². The lowest BCUT2D eigenvalue weighted by molar-refractivity contribution is -0.141. The lowest BCUT2D eigenvalue weighted by atomic mass is 9.88. The summed E-state index contributed by atoms with van der Waals surface area (Å²) in [6, 6.07) is 16.7. The van der Waals surface area contributed by atoms with Crippen LogP contribution in [0.2, 0.25) is 0 Å². The number of likely N-dealkylation sites (tertiary alicyclic amines) is 2. The zero-order chi connectivity index (χ0) is 62.1. The van der Waals surface area contributed by atoms with Crippen molar-refractivity contribution in [1.29, 1.82) is 0 Å². The summed E-state index contributed by atoms with van der Waals surface area (Å²) < 4.78 is 40.7. The van der Waals surface area contributed by atoms with E-state index in [2.05, 4.69) is 47.8 Å². The van der Waals surface area contributed by atoms with E-state index in [0.717, 1.165) is 55.8 Å². The number of nitrogens with two attached hydrogens (primary N) is 1. The van der Waals surface area contributed by atoms with Crippen molar-refractivity contribution in [3.05, 3.63) is 89.8 Å². The van der Waals surface area contributed by atoms with E-state index in [0.29, 0.717) is 117 Å². The predicted molar refractivity (Wildman–Crippen MR) is 325 cm³/mol. The lowest BCUT2D eigenvalue weighted by Crippen LogP contribution is -2.41. The molecule has 0 radical (unpaired) electrons. The smallest absolute Gasteiger partial charge is 0.325 e. The quantitative estimate of drug-likeness (QED) is 0.0387. The maximum absolute atomic E-state index is 16.0. The number of anilines is 3. The van der Waals surface area contributed by atoms with Gasteiger partial charge in [-0.3, -0.25) is 42.9 Å². The van der Waals surface area contributed by atoms with E-state index in [9.17, 15) is 33.6 Å². The Morgan fingerprint density at radius 3 is 2.09 bits per heavy atom. The molecule has 9 rings (SSSR count). The van der Waals surface area contributed by atoms with E-state index in [1.165, 1.54) is 37.1 Å². The Labute approximate surface area is 509 Å². The highest BCUT2D eigenvalue weighted by Gasteiger charge is 2.31. The van der Waals surface area contributed by atoms with E-state index >= 15 is 4.39 Å². The second-order valence-corrected chi connectivity index (χ2v) is 22.3. The number of nitrogens with zero attached hydrogens (tertiary/aromatic N) is 10. The molecule has 3 fully saturated rings. The molecule has 3 saturated heterocycles. The second-order valence-electron chi connectivity index (χ2n) is 22.3. The molecule has 0 atom stereocenters. The molecule has 6 heterocycles. The van der Waals surface area contributed by atoms with Crippen molar-refractivity contribution in [2.24, 2.45) is 12.8 Å². The summed E-state index contributed by atoms with van der Waals surface area (Å²) >= 11 is 0. The Hall–Kier alpha value is -8.62. The first-order valence-electron chi connectivity index (χ1n) is 30.2. The number of benzene rings is 3. The molecule has 26 heteroatoms. The summed E-state index contributed by atoms with van der Waals surface area (Å²) in [6.45, 7) is 5.18. The van der Waals surface area contributed by atoms with Gasteiger partial charge >= 0.3 is 5.97 Å². The van der Waals surface area contributed by atoms with E-state index in [4.69, 9.17) is 30.0 Å². The normalized spacial score (nSPS) is 14.9. The molecule has 0 bridgehead atoms. The molecule has 6 aromatic rings. The first kappa shape index (κ1) is 63.9. The average molecular weight is 1220 g/mol. The molecule has 3 aromatic carbocycles. The first-order valence-corrected chi connectivity index (χ1v) is 30.2. The van der Waals surface area contributed by atoms with Gasteiger partial charge in [0.05, 0.1) is 88.8 Å². The fourth-order valence-corrected chi connectivity index (χ4v) is 11.5. The number of likely N-dealkylation sites (N-methyl/N-ethyl adjacent to an activating group) is 1. The number of hydrogen-bond acceptors (Lipinski definition) is 17. The van der Waals surface area contributed by atoms with Crippen LogP contribution in [0.15, 0.2) is 67.0 Å². The number of aryl methyl sites for hydroxylation is 1. The number of piperidine rings is 3. The summed E-state index contributed by atoms with van der Waals surface area (Å²) in [5.74, 6) is -1.84. The predicted octanol–water partition coefficient (Wildman–Crippen LogP) is 4.55. The van der Waals surface area contributed by atoms with Gasteiger partial charge < -0.3 is 60.2 Å². The van der Waals surface area contributed by atoms with Crippen molar-refractivity contribution in [1.82, 2.24) is 54.9 Å². The third kappa shape index (κ3) is 16.7. The monoisotopic (exact) mass is 1210 g/mol. The van der Waals surface area contributed by atoms with Crippen LogP contribution in [0.1, 0.15) is 97.8 Å². The minimum Gasteiger partial charge on any atom is -0.468 e. The van der Waals surface area contributed by atoms with E-state index in [1.807, 2.05) is 29.2 Å². The van der Waals surface area contributed by atoms with Gasteiger partial charge in [0.2, 0.25) is 29.5 Å². The van der Waals surface area contributed by atoms with Crippen molar-refractivity contribution in [2.75, 3.05) is 123 Å². The van der Waals surface area contributed by atoms with Gasteiger partial charge in [0.1, 0.15) is 24.7 Å². The molecule has 3 aliphatic heterocycles. The van der Waals surface area contributed by atoms with Crippen molar-refractivity contribution in [3.63, 3.8) is 0 Å². The highest BCUT2D eigenvalue weighted by Crippen LogP contribution is 2.40. The molecule has 0 saturated carbocycles. The number of fused-ring (bicyclic) bond motifs is 2. The van der Waals surface area contributed by atoms with Crippen LogP contribution in [0.3, 0.4) is 0 Å². The number of primary amides is 1. The van der Waals surface area contributed by atoms with Crippen LogP contribution < -0.4 is 26.6 Å². The molecule has 3 aliphatic rings. The minimum atomic E-state index is -0.645. The van der Waals surface area contributed by atoms with E-state index in [-0.39, 0.29) is 81.4 Å². The van der Waals surface area contributed by atoms with Crippen molar-refractivity contribution in [2.45, 2.75) is 82.6 Å². The Kier molecular flexibility index (Phi) is 22.4. The zero-order valence-electron chi connectivity index (χ0n) is 50.3. The Balaban J connectivity index is 0.633. The summed E-state index contributed by atoms with van der Waals surface area (Å²) in [7, 11) is 4.46. The highest BCUT2D eigenvalue weighted by atomic mass is 19.1. The average Bonchev–Trinajstić information content (AvgIpc) is 1.89. The zero-order valence-corrected chi connectivity index (χ0v) is 50.3. The van der Waals surface area contributed by atoms with Crippen LogP contribution >= 0.6 is 0 Å². The molecule has 5 N–H and O–H groups in total. The fraction of sp³-hybridized carbons (Fsp3) is 0.500. The molecule has 88 heavy (non-hydrogen) atoms. The number of carbonyl (C=O) groups is 7. The van der Waals surface area contributed by atoms with Crippen LogP contribution in [0.5, 0.6) is 0 Å². The standard InChI is InChI=1S/C62H79FN14O11/c1-72(39-53(79)66-38-57(83)85-3)56(82)40-77-49-9-7-8-46(47-35-50-44(34-48(47)63)36-68-73(50)2)58(49)59(71-77)43-18-26-75(27-19-43)54(80)15-14-52(78)65-21-29-87-31-33-88-32-30-86-28-20-55(81)76-24-16-42(17-25-76)41-10-12-45(13-11-41)69-62-60(61(64)84)67-37-51(70-62)74-22-5-4-6-23-74/h7-13,34-37,42-43H,4-6,14-33,38-40H2,1-3H3,(H2,64,84)(H,65,78)(H,66,79)(H,69,70). The van der Waals surface area contributed by atoms with Gasteiger partial charge in [0.25, 0.3) is 5.91 Å². The van der Waals surface area contributed by atoms with Gasteiger partial charge in [-0.1, -0.05) is 24.3 Å². The Morgan fingerprint density at radius 2 is 1.40 bits per heavy atom. The molecule has 470 valence electrons. The van der Waals surface area contributed by atoms with Crippen molar-refractivity contribution < 1.29 is 56.9 Å². The van der Waals surface area contributed by atoms with Gasteiger partial charge in [0.15, 0.2) is 11.5 Å². The maximum atomic E-state index is 16.0. The number of rotatable bonds is 28. The minimum absolute atomic E-state index is 0.0106. The highest BCUT2D eigenvalue weighted by molar-refractivity contribution is 6.00. The SMILES string of the molecule is COC(=O)CNC(=O)CN(C)C(=O)Cn1nc(C2CCN(C(=O)CCC(=O)NCCOCCOCCOCCC(=O)N3CCC(c4ccc(Nc5nc(N6CCCCC6)cnc5C(N)=O)cc4)CC3)CC2)c2c(-c3cc4c(cnn4C)cc3F)cccc21. The van der Waals surface area contributed by atoms with Crippen LogP contribution in [-0.2, 0) is 61.3 Å². The molecule has 6 amide bonds. The maximum Gasteiger partial charge on any atom is 0.325 e. The number of methoxy groups -OCH3 is 1. The topological polar surface area (TPSA) is 293 Å². The molecule has 25 nitrogen and oxygen atoms in total. The van der Waals surface area contributed by atoms with Crippen LogP contribution in [0, 0.1) is 5.82 Å². The number of halogens is 1. The van der Waals surface area contributed by atoms with Crippen LogP contribution in [-0.4, -0.2) is 198 Å². The van der Waals surface area contributed by atoms with Crippen LogP contribution in [0.4, 0.5) is 21.7 Å². The Bertz CT molecular complexity index is 3430. The summed E-state index contributed by atoms with van der Waals surface area (Å²) in [5.41, 5.74) is 10.6. The summed E-state index contributed by atoms with van der Waals surface area (Å²) in [5, 5.41) is 19.1. The molecular weight excluding hydrogens is 1140 g/mol. The van der Waals surface area contributed by atoms with Crippen LogP contribution in [0.25, 0.3) is 32.9 Å². The van der Waals surface area contributed by atoms with Gasteiger partial charge in [-0.15, -0.1) is 0 Å². The van der Waals surface area contributed by atoms with E-state index < -0.39 is 29.5 Å². The third-order valence-corrected chi connectivity index (χ3v) is 16.4. The number of aromatic nitrogens is 6. The number of esters is 1. The van der Waals surface area contributed by atoms with Gasteiger partial charge in [-0.05, 0) is 92.3 Å². The lowest BCUT2D eigenvalue weighted by Gasteiger charge is -2.32. The Morgan fingerprint density at radius 1 is 0.727 bits per heavy atom.